The molecule has 2 aromatic rings. The number of nitrogens with zero attached hydrogens (tertiary/aromatic N) is 4. The molecule has 0 saturated heterocycles. The van der Waals surface area contributed by atoms with Crippen molar-refractivity contribution in [2.24, 2.45) is 0 Å². The second-order valence-corrected chi connectivity index (χ2v) is 5.22. The second-order valence-electron chi connectivity index (χ2n) is 4.38. The molecule has 21 heavy (non-hydrogen) atoms. The Morgan fingerprint density at radius 2 is 2.14 bits per heavy atom. The first-order valence-electron chi connectivity index (χ1n) is 6.09. The third-order valence-electron chi connectivity index (χ3n) is 2.78. The lowest BCUT2D eigenvalue weighted by Gasteiger charge is -2.14. The summed E-state index contributed by atoms with van der Waals surface area (Å²) in [5.41, 5.74) is -0.941. The number of hydrogen-bond acceptors (Lipinski definition) is 4. The molecule has 0 saturated carbocycles. The lowest BCUT2D eigenvalue weighted by Crippen LogP contribution is -2.28. The monoisotopic (exact) mass is 318 g/mol. The number of amides is 1. The Morgan fingerprint density at radius 1 is 1.48 bits per heavy atom. The zero-order valence-corrected chi connectivity index (χ0v) is 12.4. The summed E-state index contributed by atoms with van der Waals surface area (Å²) in [5, 5.41) is 5.49. The molecule has 0 unspecified atom stereocenters. The molecule has 9 heteroatoms. The Bertz CT molecular complexity index is 662. The zero-order chi connectivity index (χ0) is 15.8. The highest BCUT2D eigenvalue weighted by Crippen LogP contribution is 2.32. The maximum Gasteiger partial charge on any atom is 0.435 e. The van der Waals surface area contributed by atoms with Crippen molar-refractivity contribution in [1.29, 1.82) is 0 Å². The normalized spacial score (nSPS) is 11.7. The van der Waals surface area contributed by atoms with E-state index in [0.717, 1.165) is 15.8 Å². The number of aromatic nitrogens is 3. The van der Waals surface area contributed by atoms with Gasteiger partial charge in [0.2, 0.25) is 0 Å². The molecule has 0 radical (unpaired) electrons. The largest absolute Gasteiger partial charge is 0.435 e. The maximum atomic E-state index is 13.0. The molecule has 114 valence electrons. The van der Waals surface area contributed by atoms with Gasteiger partial charge in [0.1, 0.15) is 0 Å². The van der Waals surface area contributed by atoms with Gasteiger partial charge in [-0.3, -0.25) is 14.4 Å². The van der Waals surface area contributed by atoms with Gasteiger partial charge in [-0.05, 0) is 13.8 Å². The summed E-state index contributed by atoms with van der Waals surface area (Å²) in [6.07, 6.45) is -3.56. The highest BCUT2D eigenvalue weighted by Gasteiger charge is 2.40. The summed E-state index contributed by atoms with van der Waals surface area (Å²) in [6.45, 7) is 3.64. The van der Waals surface area contributed by atoms with E-state index in [1.165, 1.54) is 18.4 Å². The minimum Gasteiger partial charge on any atom is -0.287 e. The van der Waals surface area contributed by atoms with Gasteiger partial charge in [-0.2, -0.15) is 18.3 Å². The van der Waals surface area contributed by atoms with E-state index in [1.807, 2.05) is 0 Å². The minimum absolute atomic E-state index is 0.246. The number of carbonyl (C=O) groups is 1. The van der Waals surface area contributed by atoms with Crippen molar-refractivity contribution in [3.8, 4) is 0 Å². The third-order valence-corrected chi connectivity index (χ3v) is 3.82. The molecular formula is C12H13F3N4OS. The summed E-state index contributed by atoms with van der Waals surface area (Å²) in [7, 11) is 1.39. The van der Waals surface area contributed by atoms with Crippen LogP contribution < -0.4 is 4.90 Å². The van der Waals surface area contributed by atoms with Crippen molar-refractivity contribution in [3.63, 3.8) is 0 Å². The summed E-state index contributed by atoms with van der Waals surface area (Å²) in [4.78, 5) is 17.5. The lowest BCUT2D eigenvalue weighted by atomic mass is 10.2. The number of anilines is 1. The first-order valence-corrected chi connectivity index (χ1v) is 6.96. The fourth-order valence-electron chi connectivity index (χ4n) is 1.71. The number of carbonyl (C=O) groups excluding carboxylic acids is 1. The maximum absolute atomic E-state index is 13.0. The first-order chi connectivity index (χ1) is 9.74. The van der Waals surface area contributed by atoms with E-state index in [-0.39, 0.29) is 6.54 Å². The minimum atomic E-state index is -4.68. The van der Waals surface area contributed by atoms with E-state index in [4.69, 9.17) is 0 Å². The van der Waals surface area contributed by atoms with Crippen LogP contribution in [0.3, 0.4) is 0 Å². The van der Waals surface area contributed by atoms with Gasteiger partial charge in [0, 0.05) is 25.2 Å². The predicted octanol–water partition coefficient (Wildman–Crippen LogP) is 2.96. The standard InChI is InChI=1S/C12H13F3N4OS/c1-4-19-5-8(9(17-19)12(13,14)15)10(20)18(3)11-16-7(2)6-21-11/h5-6H,4H2,1-3H3. The molecule has 0 aliphatic heterocycles. The Balaban J connectivity index is 2.41. The van der Waals surface area contributed by atoms with Crippen molar-refractivity contribution >= 4 is 22.4 Å². The van der Waals surface area contributed by atoms with E-state index in [9.17, 15) is 18.0 Å². The van der Waals surface area contributed by atoms with E-state index < -0.39 is 23.3 Å². The van der Waals surface area contributed by atoms with Crippen LogP contribution in [-0.2, 0) is 12.7 Å². The van der Waals surface area contributed by atoms with Crippen molar-refractivity contribution in [2.75, 3.05) is 11.9 Å². The van der Waals surface area contributed by atoms with Gasteiger partial charge in [0.15, 0.2) is 10.8 Å². The van der Waals surface area contributed by atoms with Crippen LogP contribution in [0, 0.1) is 6.92 Å². The van der Waals surface area contributed by atoms with Crippen LogP contribution in [0.15, 0.2) is 11.6 Å². The van der Waals surface area contributed by atoms with Crippen molar-refractivity contribution in [1.82, 2.24) is 14.8 Å². The quantitative estimate of drug-likeness (QED) is 0.874. The van der Waals surface area contributed by atoms with Gasteiger partial charge >= 0.3 is 6.18 Å². The molecule has 2 heterocycles. The average Bonchev–Trinajstić information content (AvgIpc) is 3.02. The first kappa shape index (κ1) is 15.5. The van der Waals surface area contributed by atoms with Crippen molar-refractivity contribution in [3.05, 3.63) is 28.5 Å². The Hall–Kier alpha value is -1.90. The molecule has 0 fully saturated rings. The van der Waals surface area contributed by atoms with Crippen LogP contribution in [0.5, 0.6) is 0 Å². The van der Waals surface area contributed by atoms with Crippen LogP contribution in [-0.4, -0.2) is 27.7 Å². The fraction of sp³-hybridized carbons (Fsp3) is 0.417. The summed E-state index contributed by atoms with van der Waals surface area (Å²) >= 11 is 1.19. The lowest BCUT2D eigenvalue weighted by molar-refractivity contribution is -0.141. The van der Waals surface area contributed by atoms with Gasteiger partial charge in [-0.1, -0.05) is 0 Å². The van der Waals surface area contributed by atoms with Gasteiger partial charge in [-0.25, -0.2) is 4.98 Å². The van der Waals surface area contributed by atoms with E-state index in [0.29, 0.717) is 10.8 Å². The Labute approximate surface area is 123 Å². The van der Waals surface area contributed by atoms with E-state index in [1.54, 1.807) is 19.2 Å². The number of rotatable bonds is 3. The molecule has 0 aliphatic rings. The van der Waals surface area contributed by atoms with Gasteiger partial charge < -0.3 is 0 Å². The Morgan fingerprint density at radius 3 is 2.62 bits per heavy atom. The highest BCUT2D eigenvalue weighted by atomic mass is 32.1. The fourth-order valence-corrected chi connectivity index (χ4v) is 2.48. The molecular weight excluding hydrogens is 305 g/mol. The highest BCUT2D eigenvalue weighted by molar-refractivity contribution is 7.14. The predicted molar refractivity (Wildman–Crippen MR) is 72.5 cm³/mol. The molecule has 1 amide bonds. The van der Waals surface area contributed by atoms with Crippen LogP contribution >= 0.6 is 11.3 Å². The van der Waals surface area contributed by atoms with Gasteiger partial charge in [-0.15, -0.1) is 11.3 Å². The van der Waals surface area contributed by atoms with Crippen LogP contribution in [0.4, 0.5) is 18.3 Å². The SMILES string of the molecule is CCn1cc(C(=O)N(C)c2nc(C)cs2)c(C(F)(F)F)n1. The smallest absolute Gasteiger partial charge is 0.287 e. The number of halogens is 3. The van der Waals surface area contributed by atoms with Crippen LogP contribution in [0.2, 0.25) is 0 Å². The summed E-state index contributed by atoms with van der Waals surface area (Å²) in [6, 6.07) is 0. The average molecular weight is 318 g/mol. The van der Waals surface area contributed by atoms with E-state index >= 15 is 0 Å². The van der Waals surface area contributed by atoms with Crippen molar-refractivity contribution < 1.29 is 18.0 Å². The molecule has 2 rings (SSSR count). The molecule has 2 aromatic heterocycles. The van der Waals surface area contributed by atoms with E-state index in [2.05, 4.69) is 10.1 Å². The number of aryl methyl sites for hydroxylation is 2. The van der Waals surface area contributed by atoms with Crippen molar-refractivity contribution in [2.45, 2.75) is 26.6 Å². The zero-order valence-electron chi connectivity index (χ0n) is 11.6. The third kappa shape index (κ3) is 3.07. The summed E-state index contributed by atoms with van der Waals surface area (Å²) in [5.74, 6) is -0.781. The topological polar surface area (TPSA) is 51.0 Å². The Kier molecular flexibility index (Phi) is 4.04. The number of alkyl halides is 3. The molecule has 0 spiro atoms. The number of hydrogen-bond donors (Lipinski definition) is 0. The molecule has 0 atom stereocenters. The number of thiazole rings is 1. The second kappa shape index (κ2) is 5.47. The molecule has 5 nitrogen and oxygen atoms in total. The molecule has 0 aromatic carbocycles. The van der Waals surface area contributed by atoms with Gasteiger partial charge in [0.05, 0.1) is 11.3 Å². The molecule has 0 bridgehead atoms. The van der Waals surface area contributed by atoms with Gasteiger partial charge in [0.25, 0.3) is 5.91 Å². The van der Waals surface area contributed by atoms with Crippen LogP contribution in [0.25, 0.3) is 0 Å². The molecule has 0 N–H and O–H groups in total. The molecule has 0 aliphatic carbocycles. The summed E-state index contributed by atoms with van der Waals surface area (Å²) < 4.78 is 40.0. The van der Waals surface area contributed by atoms with Crippen LogP contribution in [0.1, 0.15) is 28.7 Å².